The predicted molar refractivity (Wildman–Crippen MR) is 121 cm³/mol. The van der Waals surface area contributed by atoms with Crippen LogP contribution in [-0.4, -0.2) is 28.6 Å². The first-order valence-electron chi connectivity index (χ1n) is 9.87. The van der Waals surface area contributed by atoms with E-state index in [2.05, 4.69) is 6.07 Å². The van der Waals surface area contributed by atoms with E-state index in [9.17, 15) is 15.2 Å². The molecule has 0 bridgehead atoms. The quantitative estimate of drug-likeness (QED) is 0.539. The summed E-state index contributed by atoms with van der Waals surface area (Å²) in [6, 6.07) is 27.8. The molecule has 0 saturated heterocycles. The Hall–Kier alpha value is -4.24. The summed E-state index contributed by atoms with van der Waals surface area (Å²) in [6.45, 7) is 0. The van der Waals surface area contributed by atoms with E-state index >= 15 is 0 Å². The topological polar surface area (TPSA) is 74.2 Å². The van der Waals surface area contributed by atoms with E-state index in [1.807, 2.05) is 79.7 Å². The average Bonchev–Trinajstić information content (AvgIpc) is 3.06. The molecule has 0 fully saturated rings. The Balaban J connectivity index is 1.96. The van der Waals surface area contributed by atoms with Gasteiger partial charge in [0.1, 0.15) is 11.5 Å². The zero-order chi connectivity index (χ0) is 22.0. The molecule has 1 N–H and O–H groups in total. The minimum atomic E-state index is -0.913. The lowest BCUT2D eigenvalue weighted by Gasteiger charge is -2.14. The van der Waals surface area contributed by atoms with Crippen molar-refractivity contribution in [1.29, 1.82) is 5.26 Å². The molecule has 0 spiro atoms. The molecule has 6 nitrogen and oxygen atoms in total. The van der Waals surface area contributed by atoms with Crippen molar-refractivity contribution in [2.24, 2.45) is 0 Å². The lowest BCUT2D eigenvalue weighted by Crippen LogP contribution is -2.22. The van der Waals surface area contributed by atoms with Crippen molar-refractivity contribution >= 4 is 5.69 Å². The van der Waals surface area contributed by atoms with Gasteiger partial charge in [-0.2, -0.15) is 5.26 Å². The van der Waals surface area contributed by atoms with Crippen molar-refractivity contribution < 1.29 is 5.11 Å². The Bertz CT molecular complexity index is 1280. The molecule has 0 radical (unpaired) electrons. The number of nitrogens with zero attached hydrogens (tertiary/aromatic N) is 4. The van der Waals surface area contributed by atoms with Crippen LogP contribution in [0.4, 0.5) is 5.69 Å². The molecule has 0 aliphatic carbocycles. The summed E-state index contributed by atoms with van der Waals surface area (Å²) in [5.41, 5.74) is 2.45. The van der Waals surface area contributed by atoms with E-state index in [1.165, 1.54) is 9.36 Å². The van der Waals surface area contributed by atoms with Crippen molar-refractivity contribution in [3.05, 3.63) is 106 Å². The van der Waals surface area contributed by atoms with Crippen LogP contribution in [0.15, 0.2) is 89.7 Å². The molecule has 154 valence electrons. The summed E-state index contributed by atoms with van der Waals surface area (Å²) in [5, 5.41) is 21.2. The van der Waals surface area contributed by atoms with Crippen LogP contribution in [0.3, 0.4) is 0 Å². The second kappa shape index (κ2) is 8.25. The van der Waals surface area contributed by atoms with Gasteiger partial charge < -0.3 is 10.0 Å². The summed E-state index contributed by atoms with van der Waals surface area (Å²) < 4.78 is 2.85. The maximum Gasteiger partial charge on any atom is 0.280 e. The van der Waals surface area contributed by atoms with Crippen LogP contribution in [0.25, 0.3) is 11.4 Å². The largest absolute Gasteiger partial charge is 0.493 e. The number of hydrogen-bond acceptors (Lipinski definition) is 4. The number of aromatic hydroxyl groups is 1. The van der Waals surface area contributed by atoms with Crippen LogP contribution in [-0.2, 0) is 0 Å². The van der Waals surface area contributed by atoms with Gasteiger partial charge in [0.15, 0.2) is 0 Å². The molecule has 1 unspecified atom stereocenters. The third-order valence-corrected chi connectivity index (χ3v) is 5.23. The van der Waals surface area contributed by atoms with E-state index in [0.29, 0.717) is 16.9 Å². The normalized spacial score (nSPS) is 11.6. The lowest BCUT2D eigenvalue weighted by atomic mass is 9.94. The highest BCUT2D eigenvalue weighted by Gasteiger charge is 2.29. The van der Waals surface area contributed by atoms with Crippen molar-refractivity contribution in [2.45, 2.75) is 5.92 Å². The number of hydrogen-bond donors (Lipinski definition) is 1. The fourth-order valence-corrected chi connectivity index (χ4v) is 3.64. The zero-order valence-corrected chi connectivity index (χ0v) is 17.3. The molecular weight excluding hydrogens is 388 g/mol. The SMILES string of the molecule is CN(C)c1ccc(C(C#N)c2c(O)n(-c3ccccc3)n(-c3ccccc3)c2=O)cc1. The van der Waals surface area contributed by atoms with Crippen molar-refractivity contribution in [2.75, 3.05) is 19.0 Å². The fraction of sp³-hybridized carbons (Fsp3) is 0.120. The van der Waals surface area contributed by atoms with Gasteiger partial charge in [-0.15, -0.1) is 0 Å². The highest BCUT2D eigenvalue weighted by atomic mass is 16.3. The Labute approximate surface area is 180 Å². The van der Waals surface area contributed by atoms with Crippen LogP contribution in [0.1, 0.15) is 17.0 Å². The Morgan fingerprint density at radius 1 is 0.839 bits per heavy atom. The first kappa shape index (κ1) is 20.0. The average molecular weight is 410 g/mol. The van der Waals surface area contributed by atoms with E-state index in [0.717, 1.165) is 5.69 Å². The van der Waals surface area contributed by atoms with E-state index in [4.69, 9.17) is 0 Å². The predicted octanol–water partition coefficient (Wildman–Crippen LogP) is 4.06. The maximum absolute atomic E-state index is 13.6. The van der Waals surface area contributed by atoms with Crippen molar-refractivity contribution in [3.63, 3.8) is 0 Å². The van der Waals surface area contributed by atoms with Crippen molar-refractivity contribution in [1.82, 2.24) is 9.36 Å². The van der Waals surface area contributed by atoms with Gasteiger partial charge in [-0.25, -0.2) is 9.36 Å². The Morgan fingerprint density at radius 3 is 1.84 bits per heavy atom. The second-order valence-electron chi connectivity index (χ2n) is 7.39. The Morgan fingerprint density at radius 2 is 1.35 bits per heavy atom. The highest BCUT2D eigenvalue weighted by molar-refractivity contribution is 5.52. The van der Waals surface area contributed by atoms with Gasteiger partial charge in [-0.05, 0) is 42.0 Å². The molecule has 1 atom stereocenters. The third kappa shape index (κ3) is 3.58. The summed E-state index contributed by atoms with van der Waals surface area (Å²) in [7, 11) is 3.86. The molecule has 0 aliphatic heterocycles. The number of aromatic nitrogens is 2. The minimum Gasteiger partial charge on any atom is -0.493 e. The first-order valence-corrected chi connectivity index (χ1v) is 9.87. The van der Waals surface area contributed by atoms with Crippen LogP contribution >= 0.6 is 0 Å². The summed E-state index contributed by atoms with van der Waals surface area (Å²) in [6.07, 6.45) is 0. The lowest BCUT2D eigenvalue weighted by molar-refractivity contribution is 0.420. The maximum atomic E-state index is 13.6. The molecule has 31 heavy (non-hydrogen) atoms. The van der Waals surface area contributed by atoms with Crippen LogP contribution < -0.4 is 10.5 Å². The number of nitriles is 1. The smallest absolute Gasteiger partial charge is 0.280 e. The van der Waals surface area contributed by atoms with Gasteiger partial charge in [0.05, 0.1) is 17.4 Å². The van der Waals surface area contributed by atoms with Gasteiger partial charge in [-0.1, -0.05) is 48.5 Å². The van der Waals surface area contributed by atoms with Crippen molar-refractivity contribution in [3.8, 4) is 23.3 Å². The molecule has 1 heterocycles. The van der Waals surface area contributed by atoms with E-state index in [1.54, 1.807) is 24.3 Å². The van der Waals surface area contributed by atoms with Gasteiger partial charge >= 0.3 is 0 Å². The molecular formula is C25H22N4O2. The highest BCUT2D eigenvalue weighted by Crippen LogP contribution is 2.32. The molecule has 6 heteroatoms. The van der Waals surface area contributed by atoms with Crippen LogP contribution in [0, 0.1) is 11.3 Å². The van der Waals surface area contributed by atoms with Gasteiger partial charge in [0.2, 0.25) is 5.88 Å². The number of benzene rings is 3. The number of rotatable bonds is 5. The van der Waals surface area contributed by atoms with Crippen LogP contribution in [0.5, 0.6) is 5.88 Å². The summed E-state index contributed by atoms with van der Waals surface area (Å²) in [5.74, 6) is -1.16. The van der Waals surface area contributed by atoms with Gasteiger partial charge in [0, 0.05) is 19.8 Å². The Kier molecular flexibility index (Phi) is 5.33. The molecule has 4 rings (SSSR count). The van der Waals surface area contributed by atoms with E-state index < -0.39 is 11.5 Å². The van der Waals surface area contributed by atoms with Crippen LogP contribution in [0.2, 0.25) is 0 Å². The molecule has 1 aromatic heterocycles. The summed E-state index contributed by atoms with van der Waals surface area (Å²) in [4.78, 5) is 15.5. The van der Waals surface area contributed by atoms with Gasteiger partial charge in [0.25, 0.3) is 5.56 Å². The first-order chi connectivity index (χ1) is 15.0. The fourth-order valence-electron chi connectivity index (χ4n) is 3.64. The van der Waals surface area contributed by atoms with E-state index in [-0.39, 0.29) is 11.4 Å². The molecule has 0 aliphatic rings. The standard InChI is InChI=1S/C25H22N4O2/c1-27(2)19-15-13-18(14-16-19)22(17-26)23-24(30)28(20-9-5-3-6-10-20)29(25(23)31)21-11-7-4-8-12-21/h3-16,22,30H,1-2H3. The monoisotopic (exact) mass is 410 g/mol. The zero-order valence-electron chi connectivity index (χ0n) is 17.3. The number of anilines is 1. The third-order valence-electron chi connectivity index (χ3n) is 5.23. The second-order valence-corrected chi connectivity index (χ2v) is 7.39. The molecule has 0 saturated carbocycles. The minimum absolute atomic E-state index is 0.0489. The van der Waals surface area contributed by atoms with Gasteiger partial charge in [-0.3, -0.25) is 4.79 Å². The number of para-hydroxylation sites is 2. The molecule has 4 aromatic rings. The molecule has 3 aromatic carbocycles. The summed E-state index contributed by atoms with van der Waals surface area (Å²) >= 11 is 0. The molecule has 0 amide bonds.